The first kappa shape index (κ1) is 31.8. The number of imidazole rings is 1. The second-order valence-electron chi connectivity index (χ2n) is 11.8. The SMILES string of the molecule is Cc1cc(F)c(C(=O)Nc2cc(CN3CCC(N(C)C)C3)cc(C(F)(F)F)c2)cc1C#Cc1cnc2c(Nc3cn[nH]c3)cccn12. The second kappa shape index (κ2) is 12.9. The van der Waals surface area contributed by atoms with Gasteiger partial charge in [-0.1, -0.05) is 5.92 Å². The van der Waals surface area contributed by atoms with Gasteiger partial charge in [0.15, 0.2) is 5.65 Å². The number of carbonyl (C=O) groups excluding carboxylic acids is 1. The number of likely N-dealkylation sites (N-methyl/N-ethyl adjacent to an activating group) is 1. The van der Waals surface area contributed by atoms with Crippen LogP contribution in [0.3, 0.4) is 0 Å². The molecule has 9 nitrogen and oxygen atoms in total. The van der Waals surface area contributed by atoms with Gasteiger partial charge in [0.2, 0.25) is 0 Å². The standard InChI is InChI=1S/C34H32F4N8O/c1-21-11-30(35)29(14-23(21)6-7-27-18-39-32-31(5-4-9-46(27)32)42-26-16-40-41-17-26)33(47)43-25-13-22(12-24(15-25)34(36,37)38)19-45-10-8-28(20-45)44(2)3/h4-5,9,11-18,28,42H,8,10,19-20H2,1-3H3,(H,40,41)(H,43,47). The molecule has 47 heavy (non-hydrogen) atoms. The Labute approximate surface area is 268 Å². The third-order valence-electron chi connectivity index (χ3n) is 8.16. The van der Waals surface area contributed by atoms with Gasteiger partial charge >= 0.3 is 6.18 Å². The minimum Gasteiger partial charge on any atom is -0.350 e. The van der Waals surface area contributed by atoms with Crippen molar-refractivity contribution < 1.29 is 22.4 Å². The number of nitrogens with one attached hydrogen (secondary N) is 3. The van der Waals surface area contributed by atoms with E-state index in [1.165, 1.54) is 18.2 Å². The maximum atomic E-state index is 15.1. The molecule has 242 valence electrons. The van der Waals surface area contributed by atoms with Gasteiger partial charge in [-0.05, 0) is 87.0 Å². The van der Waals surface area contributed by atoms with Crippen LogP contribution in [-0.2, 0) is 12.7 Å². The average molecular weight is 645 g/mol. The van der Waals surface area contributed by atoms with Crippen LogP contribution < -0.4 is 10.6 Å². The summed E-state index contributed by atoms with van der Waals surface area (Å²) in [5.41, 5.74) is 2.65. The van der Waals surface area contributed by atoms with Crippen molar-refractivity contribution >= 4 is 28.6 Å². The predicted octanol–water partition coefficient (Wildman–Crippen LogP) is 6.06. The molecule has 3 N–H and O–H groups in total. The minimum absolute atomic E-state index is 0.0682. The number of hydrogen-bond acceptors (Lipinski definition) is 6. The van der Waals surface area contributed by atoms with Crippen molar-refractivity contribution in [3.05, 3.63) is 107 Å². The molecule has 3 aromatic heterocycles. The van der Waals surface area contributed by atoms with Crippen molar-refractivity contribution in [2.75, 3.05) is 37.8 Å². The molecule has 0 bridgehead atoms. The maximum absolute atomic E-state index is 15.1. The van der Waals surface area contributed by atoms with Gasteiger partial charge in [0, 0.05) is 49.3 Å². The first-order chi connectivity index (χ1) is 22.4. The number of aromatic amines is 1. The Bertz CT molecular complexity index is 1990. The molecule has 1 fully saturated rings. The lowest BCUT2D eigenvalue weighted by Crippen LogP contribution is -2.31. The largest absolute Gasteiger partial charge is 0.416 e. The maximum Gasteiger partial charge on any atom is 0.416 e. The Morgan fingerprint density at radius 1 is 1.13 bits per heavy atom. The van der Waals surface area contributed by atoms with E-state index >= 15 is 4.39 Å². The predicted molar refractivity (Wildman–Crippen MR) is 171 cm³/mol. The summed E-state index contributed by atoms with van der Waals surface area (Å²) in [6.45, 7) is 3.42. The molecule has 0 saturated carbocycles. The number of aromatic nitrogens is 4. The molecule has 5 aromatic rings. The van der Waals surface area contributed by atoms with Gasteiger partial charge in [0.1, 0.15) is 11.5 Å². The van der Waals surface area contributed by atoms with Crippen LogP contribution in [0.5, 0.6) is 0 Å². The minimum atomic E-state index is -4.63. The number of hydrogen-bond donors (Lipinski definition) is 3. The fourth-order valence-corrected chi connectivity index (χ4v) is 5.64. The van der Waals surface area contributed by atoms with Crippen molar-refractivity contribution in [1.82, 2.24) is 29.4 Å². The molecule has 4 heterocycles. The van der Waals surface area contributed by atoms with E-state index in [1.807, 2.05) is 26.2 Å². The third kappa shape index (κ3) is 7.14. The van der Waals surface area contributed by atoms with E-state index in [0.717, 1.165) is 43.0 Å². The molecule has 1 aliphatic rings. The smallest absolute Gasteiger partial charge is 0.350 e. The molecule has 13 heteroatoms. The van der Waals surface area contributed by atoms with E-state index in [1.54, 1.807) is 36.1 Å². The quantitative estimate of drug-likeness (QED) is 0.148. The summed E-state index contributed by atoms with van der Waals surface area (Å²) in [4.78, 5) is 21.9. The van der Waals surface area contributed by atoms with Crippen LogP contribution in [-0.4, -0.2) is 68.5 Å². The highest BCUT2D eigenvalue weighted by molar-refractivity contribution is 6.04. The van der Waals surface area contributed by atoms with Gasteiger partial charge < -0.3 is 15.5 Å². The number of nitrogens with zero attached hydrogens (tertiary/aromatic N) is 5. The molecule has 6 rings (SSSR count). The Morgan fingerprint density at radius 2 is 1.96 bits per heavy atom. The average Bonchev–Trinajstić information content (AvgIpc) is 3.78. The van der Waals surface area contributed by atoms with E-state index in [4.69, 9.17) is 0 Å². The Kier molecular flexibility index (Phi) is 8.72. The number of carbonyl (C=O) groups is 1. The first-order valence-electron chi connectivity index (χ1n) is 14.9. The van der Waals surface area contributed by atoms with Crippen molar-refractivity contribution in [3.8, 4) is 11.8 Å². The molecule has 1 unspecified atom stereocenters. The monoisotopic (exact) mass is 644 g/mol. The number of likely N-dealkylation sites (tertiary alicyclic amines) is 1. The summed E-state index contributed by atoms with van der Waals surface area (Å²) in [7, 11) is 3.95. The van der Waals surface area contributed by atoms with Gasteiger partial charge in [0.05, 0.1) is 34.9 Å². The van der Waals surface area contributed by atoms with E-state index in [2.05, 4.69) is 47.5 Å². The van der Waals surface area contributed by atoms with Gasteiger partial charge in [-0.2, -0.15) is 18.3 Å². The zero-order valence-electron chi connectivity index (χ0n) is 25.9. The lowest BCUT2D eigenvalue weighted by Gasteiger charge is -2.21. The zero-order chi connectivity index (χ0) is 33.3. The van der Waals surface area contributed by atoms with Crippen LogP contribution in [0.15, 0.2) is 67.3 Å². The van der Waals surface area contributed by atoms with Crippen LogP contribution in [0.1, 0.15) is 44.7 Å². The lowest BCUT2D eigenvalue weighted by molar-refractivity contribution is -0.137. The number of halogens is 4. The van der Waals surface area contributed by atoms with Crippen LogP contribution in [0.25, 0.3) is 5.65 Å². The number of aryl methyl sites for hydroxylation is 1. The van der Waals surface area contributed by atoms with Crippen molar-refractivity contribution in [2.45, 2.75) is 32.1 Å². The van der Waals surface area contributed by atoms with Crippen LogP contribution in [0, 0.1) is 24.6 Å². The molecule has 1 aliphatic heterocycles. The molecule has 2 aromatic carbocycles. The number of amides is 1. The summed E-state index contributed by atoms with van der Waals surface area (Å²) in [6.07, 6.45) is 3.03. The fourth-order valence-electron chi connectivity index (χ4n) is 5.64. The van der Waals surface area contributed by atoms with Gasteiger partial charge in [-0.15, -0.1) is 0 Å². The normalized spacial score (nSPS) is 15.2. The topological polar surface area (TPSA) is 93.6 Å². The first-order valence-corrected chi connectivity index (χ1v) is 14.9. The fraction of sp³-hybridized carbons (Fsp3) is 0.265. The summed E-state index contributed by atoms with van der Waals surface area (Å²) >= 11 is 0. The summed E-state index contributed by atoms with van der Waals surface area (Å²) in [5.74, 6) is 4.35. The molecule has 1 atom stereocenters. The Hall–Kier alpha value is -5.19. The van der Waals surface area contributed by atoms with E-state index < -0.39 is 23.5 Å². The summed E-state index contributed by atoms with van der Waals surface area (Å²) < 4.78 is 58.4. The molecular formula is C34H32F4N8O. The van der Waals surface area contributed by atoms with Crippen molar-refractivity contribution in [1.29, 1.82) is 0 Å². The van der Waals surface area contributed by atoms with E-state index in [9.17, 15) is 18.0 Å². The number of rotatable bonds is 7. The molecule has 1 saturated heterocycles. The van der Waals surface area contributed by atoms with Crippen LogP contribution >= 0.6 is 0 Å². The van der Waals surface area contributed by atoms with Gasteiger partial charge in [-0.3, -0.25) is 19.2 Å². The highest BCUT2D eigenvalue weighted by Crippen LogP contribution is 2.33. The number of H-pyrrole nitrogens is 1. The van der Waals surface area contributed by atoms with Crippen LogP contribution in [0.2, 0.25) is 0 Å². The highest BCUT2D eigenvalue weighted by Gasteiger charge is 2.32. The number of benzene rings is 2. The number of alkyl halides is 3. The second-order valence-corrected chi connectivity index (χ2v) is 11.8. The van der Waals surface area contributed by atoms with Gasteiger partial charge in [-0.25, -0.2) is 9.37 Å². The van der Waals surface area contributed by atoms with E-state index in [0.29, 0.717) is 40.6 Å². The molecule has 0 spiro atoms. The number of pyridine rings is 1. The molecule has 0 radical (unpaired) electrons. The molecule has 1 amide bonds. The van der Waals surface area contributed by atoms with Gasteiger partial charge in [0.25, 0.3) is 5.91 Å². The van der Waals surface area contributed by atoms with E-state index in [-0.39, 0.29) is 11.3 Å². The third-order valence-corrected chi connectivity index (χ3v) is 8.16. The number of anilines is 3. The lowest BCUT2D eigenvalue weighted by atomic mass is 10.0. The molecular weight excluding hydrogens is 612 g/mol. The van der Waals surface area contributed by atoms with Crippen molar-refractivity contribution in [3.63, 3.8) is 0 Å². The number of fused-ring (bicyclic) bond motifs is 1. The Balaban J connectivity index is 1.25. The van der Waals surface area contributed by atoms with Crippen LogP contribution in [0.4, 0.5) is 34.6 Å². The zero-order valence-corrected chi connectivity index (χ0v) is 25.9. The summed E-state index contributed by atoms with van der Waals surface area (Å²) in [5, 5.41) is 12.4. The summed E-state index contributed by atoms with van der Waals surface area (Å²) in [6, 6.07) is 9.96. The Morgan fingerprint density at radius 3 is 2.68 bits per heavy atom. The molecule has 0 aliphatic carbocycles. The highest BCUT2D eigenvalue weighted by atomic mass is 19.4. The van der Waals surface area contributed by atoms with Crippen molar-refractivity contribution in [2.24, 2.45) is 0 Å².